The van der Waals surface area contributed by atoms with Crippen molar-refractivity contribution in [2.24, 2.45) is 0 Å². The summed E-state index contributed by atoms with van der Waals surface area (Å²) in [6, 6.07) is 6.04. The Morgan fingerprint density at radius 3 is 1.47 bits per heavy atom. The van der Waals surface area contributed by atoms with Gasteiger partial charge in [-0.3, -0.25) is 0 Å². The molecule has 0 N–H and O–H groups in total. The second-order valence-corrected chi connectivity index (χ2v) is 11.7. The van der Waals surface area contributed by atoms with E-state index in [4.69, 9.17) is 9.47 Å². The smallest absolute Gasteiger partial charge is 0.748 e. The summed E-state index contributed by atoms with van der Waals surface area (Å²) in [5.74, 6) is -1.50. The third-order valence-electron chi connectivity index (χ3n) is 6.54. The Bertz CT molecular complexity index is 873. The Hall–Kier alpha value is -0.930. The van der Waals surface area contributed by atoms with E-state index in [0.717, 1.165) is 26.2 Å². The van der Waals surface area contributed by atoms with E-state index in [1.165, 1.54) is 95.6 Å². The minimum Gasteiger partial charge on any atom is -0.748 e. The molecule has 38 heavy (non-hydrogen) atoms. The number of carbonyl (C=O) groups excluding carboxylic acids is 2. The SMILES string of the molecule is CCCCCCCCCCCCCCCCCCOC(=O)c1ccccc1C(=O)OCC(C)S(=O)(=O)[O-].[Na+]. The van der Waals surface area contributed by atoms with Crippen molar-refractivity contribution in [2.45, 2.75) is 122 Å². The van der Waals surface area contributed by atoms with Crippen molar-refractivity contribution in [3.8, 4) is 0 Å². The van der Waals surface area contributed by atoms with Gasteiger partial charge >= 0.3 is 41.5 Å². The molecule has 1 aromatic rings. The molecule has 0 radical (unpaired) electrons. The van der Waals surface area contributed by atoms with Crippen LogP contribution in [0.5, 0.6) is 0 Å². The summed E-state index contributed by atoms with van der Waals surface area (Å²) in [5, 5.41) is -1.37. The average Bonchev–Trinajstić information content (AvgIpc) is 2.88. The van der Waals surface area contributed by atoms with Crippen LogP contribution in [0.2, 0.25) is 0 Å². The first-order chi connectivity index (χ1) is 17.8. The molecule has 0 saturated heterocycles. The maximum Gasteiger partial charge on any atom is 1.00 e. The molecule has 0 aliphatic carbocycles. The van der Waals surface area contributed by atoms with Crippen molar-refractivity contribution in [2.75, 3.05) is 13.2 Å². The van der Waals surface area contributed by atoms with Crippen LogP contribution in [0.3, 0.4) is 0 Å². The third kappa shape index (κ3) is 17.6. The standard InChI is InChI=1S/C29H48O7S.Na/c1-3-4-5-6-7-8-9-10-11-12-13-14-15-16-17-20-23-35-28(30)26-21-18-19-22-27(26)29(31)36-24-25(2)37(32,33)34;/h18-19,21-22,25H,3-17,20,23-24H2,1-2H3,(H,32,33,34);/q;+1/p-1. The van der Waals surface area contributed by atoms with Crippen LogP contribution in [0.1, 0.15) is 137 Å². The van der Waals surface area contributed by atoms with Gasteiger partial charge in [0, 0.05) is 0 Å². The first-order valence-electron chi connectivity index (χ1n) is 14.1. The van der Waals surface area contributed by atoms with Crippen molar-refractivity contribution in [1.82, 2.24) is 0 Å². The fourth-order valence-corrected chi connectivity index (χ4v) is 4.32. The van der Waals surface area contributed by atoms with Gasteiger partial charge in [0.25, 0.3) is 0 Å². The van der Waals surface area contributed by atoms with Crippen molar-refractivity contribution in [3.63, 3.8) is 0 Å². The molecular formula is C29H47NaO7S. The Labute approximate surface area is 252 Å². The molecule has 212 valence electrons. The molecule has 1 unspecified atom stereocenters. The van der Waals surface area contributed by atoms with Crippen LogP contribution in [0.4, 0.5) is 0 Å². The largest absolute Gasteiger partial charge is 1.00 e. The molecule has 0 heterocycles. The Kier molecular flexibility index (Phi) is 22.3. The number of ether oxygens (including phenoxy) is 2. The number of rotatable bonds is 22. The monoisotopic (exact) mass is 562 g/mol. The molecule has 0 bridgehead atoms. The normalized spacial score (nSPS) is 12.0. The summed E-state index contributed by atoms with van der Waals surface area (Å²) < 4.78 is 43.2. The summed E-state index contributed by atoms with van der Waals surface area (Å²) in [6.07, 6.45) is 20.2. The number of hydrogen-bond acceptors (Lipinski definition) is 7. The molecule has 0 spiro atoms. The van der Waals surface area contributed by atoms with Gasteiger partial charge in [0.2, 0.25) is 0 Å². The second-order valence-electron chi connectivity index (χ2n) is 9.89. The van der Waals surface area contributed by atoms with Gasteiger partial charge in [-0.1, -0.05) is 115 Å². The van der Waals surface area contributed by atoms with Crippen LogP contribution in [0.25, 0.3) is 0 Å². The molecular weight excluding hydrogens is 515 g/mol. The van der Waals surface area contributed by atoms with Gasteiger partial charge in [-0.2, -0.15) is 0 Å². The first kappa shape index (κ1) is 37.1. The Balaban J connectivity index is 0.0000137. The van der Waals surface area contributed by atoms with Crippen LogP contribution in [-0.4, -0.2) is 43.4 Å². The van der Waals surface area contributed by atoms with E-state index >= 15 is 0 Å². The van der Waals surface area contributed by atoms with E-state index in [1.807, 2.05) is 0 Å². The number of carbonyl (C=O) groups is 2. The zero-order chi connectivity index (χ0) is 27.4. The van der Waals surface area contributed by atoms with Gasteiger partial charge in [0.1, 0.15) is 16.7 Å². The molecule has 0 amide bonds. The number of benzene rings is 1. The molecule has 1 atom stereocenters. The van der Waals surface area contributed by atoms with Gasteiger partial charge in [0.15, 0.2) is 0 Å². The van der Waals surface area contributed by atoms with Gasteiger partial charge in [-0.25, -0.2) is 18.0 Å². The van der Waals surface area contributed by atoms with Crippen LogP contribution in [-0.2, 0) is 19.6 Å². The topological polar surface area (TPSA) is 110 Å². The van der Waals surface area contributed by atoms with E-state index in [-0.39, 0.29) is 47.3 Å². The van der Waals surface area contributed by atoms with E-state index in [1.54, 1.807) is 12.1 Å². The average molecular weight is 563 g/mol. The zero-order valence-electron chi connectivity index (χ0n) is 23.9. The van der Waals surface area contributed by atoms with Crippen molar-refractivity contribution >= 4 is 22.1 Å². The van der Waals surface area contributed by atoms with E-state index in [2.05, 4.69) is 6.92 Å². The van der Waals surface area contributed by atoms with Crippen LogP contribution in [0.15, 0.2) is 24.3 Å². The van der Waals surface area contributed by atoms with Crippen molar-refractivity contribution < 1.29 is 61.6 Å². The number of unbranched alkanes of at least 4 members (excludes halogenated alkanes) is 15. The molecule has 0 fully saturated rings. The molecule has 9 heteroatoms. The van der Waals surface area contributed by atoms with Gasteiger partial charge in [-0.05, 0) is 25.5 Å². The molecule has 0 aliphatic rings. The summed E-state index contributed by atoms with van der Waals surface area (Å²) in [6.45, 7) is 3.11. The summed E-state index contributed by atoms with van der Waals surface area (Å²) in [4.78, 5) is 24.8. The quantitative estimate of drug-likeness (QED) is 0.0902. The second kappa shape index (κ2) is 22.8. The fraction of sp³-hybridized carbons (Fsp3) is 0.724. The molecule has 1 aromatic carbocycles. The predicted octanol–water partition coefficient (Wildman–Crippen LogP) is 4.20. The summed E-state index contributed by atoms with van der Waals surface area (Å²) in [5.41, 5.74) is 0.0385. The predicted molar refractivity (Wildman–Crippen MR) is 146 cm³/mol. The maximum absolute atomic E-state index is 12.5. The third-order valence-corrected chi connectivity index (χ3v) is 7.66. The van der Waals surface area contributed by atoms with Crippen LogP contribution in [0, 0.1) is 0 Å². The molecule has 7 nitrogen and oxygen atoms in total. The van der Waals surface area contributed by atoms with Crippen LogP contribution < -0.4 is 29.6 Å². The number of esters is 2. The minimum atomic E-state index is -4.56. The van der Waals surface area contributed by atoms with Crippen LogP contribution >= 0.6 is 0 Å². The number of hydrogen-bond donors (Lipinski definition) is 0. The van der Waals surface area contributed by atoms with E-state index in [9.17, 15) is 22.6 Å². The Morgan fingerprint density at radius 1 is 0.711 bits per heavy atom. The molecule has 1 rings (SSSR count). The van der Waals surface area contributed by atoms with E-state index in [0.29, 0.717) is 0 Å². The van der Waals surface area contributed by atoms with Crippen molar-refractivity contribution in [3.05, 3.63) is 35.4 Å². The van der Waals surface area contributed by atoms with Gasteiger partial charge in [-0.15, -0.1) is 0 Å². The van der Waals surface area contributed by atoms with Crippen molar-refractivity contribution in [1.29, 1.82) is 0 Å². The minimum absolute atomic E-state index is 0. The Morgan fingerprint density at radius 2 is 1.08 bits per heavy atom. The molecule has 0 saturated carbocycles. The molecule has 0 aliphatic heterocycles. The zero-order valence-corrected chi connectivity index (χ0v) is 26.7. The van der Waals surface area contributed by atoms with Gasteiger partial charge in [0.05, 0.1) is 23.0 Å². The summed E-state index contributed by atoms with van der Waals surface area (Å²) in [7, 11) is -4.56. The van der Waals surface area contributed by atoms with E-state index < -0.39 is 33.9 Å². The van der Waals surface area contributed by atoms with Gasteiger partial charge < -0.3 is 14.0 Å². The fourth-order valence-electron chi connectivity index (χ4n) is 4.09. The first-order valence-corrected chi connectivity index (χ1v) is 15.6. The summed E-state index contributed by atoms with van der Waals surface area (Å²) >= 11 is 0. The molecule has 0 aromatic heterocycles. The maximum atomic E-state index is 12.5.